The van der Waals surface area contributed by atoms with E-state index in [1.807, 2.05) is 20.8 Å². The van der Waals surface area contributed by atoms with E-state index in [0.29, 0.717) is 11.4 Å². The maximum atomic E-state index is 12.1. The molecule has 0 aliphatic carbocycles. The zero-order chi connectivity index (χ0) is 15.4. The van der Waals surface area contributed by atoms with Gasteiger partial charge < -0.3 is 15.8 Å². The summed E-state index contributed by atoms with van der Waals surface area (Å²) in [7, 11) is 0. The number of carbonyl (C=O) groups is 1. The average Bonchev–Trinajstić information content (AvgIpc) is 2.77. The third-order valence-corrected chi connectivity index (χ3v) is 4.11. The molecule has 0 aliphatic rings. The molecule has 7 heteroatoms. The van der Waals surface area contributed by atoms with Crippen molar-refractivity contribution in [3.63, 3.8) is 0 Å². The monoisotopic (exact) mass is 308 g/mol. The summed E-state index contributed by atoms with van der Waals surface area (Å²) in [6.45, 7) is 6.92. The topological polar surface area (TPSA) is 90.1 Å². The number of carbonyl (C=O) groups excluding carboxylic acids is 1. The Bertz CT molecular complexity index is 639. The molecular weight excluding hydrogens is 288 g/mol. The average molecular weight is 308 g/mol. The molecule has 0 aliphatic heterocycles. The highest BCUT2D eigenvalue weighted by molar-refractivity contribution is 7.20. The number of anilines is 1. The van der Waals surface area contributed by atoms with Crippen LogP contribution in [0.25, 0.3) is 10.2 Å². The predicted octanol–water partition coefficient (Wildman–Crippen LogP) is 2.33. The Balaban J connectivity index is 2.36. The van der Waals surface area contributed by atoms with Gasteiger partial charge in [-0.1, -0.05) is 0 Å². The Labute approximate surface area is 127 Å². The number of ether oxygens (including phenoxy) is 1. The zero-order valence-corrected chi connectivity index (χ0v) is 13.3. The molecule has 2 heterocycles. The van der Waals surface area contributed by atoms with Gasteiger partial charge in [0.1, 0.15) is 21.9 Å². The van der Waals surface area contributed by atoms with E-state index in [1.54, 1.807) is 0 Å². The van der Waals surface area contributed by atoms with Gasteiger partial charge in [-0.05, 0) is 39.3 Å². The maximum absolute atomic E-state index is 12.1. The smallest absolute Gasteiger partial charge is 0.348 e. The molecule has 0 aromatic carbocycles. The number of nitrogens with two attached hydrogens (primary N) is 1. The molecule has 114 valence electrons. The lowest BCUT2D eigenvalue weighted by molar-refractivity contribution is 0.0383. The first-order chi connectivity index (χ1) is 10.0. The minimum Gasteiger partial charge on any atom is -0.459 e. The maximum Gasteiger partial charge on any atom is 0.348 e. The summed E-state index contributed by atoms with van der Waals surface area (Å²) in [6, 6.07) is 0. The fourth-order valence-electron chi connectivity index (χ4n) is 1.98. The highest BCUT2D eigenvalue weighted by Gasteiger charge is 2.20. The number of rotatable bonds is 6. The lowest BCUT2D eigenvalue weighted by atomic mass is 10.2. The van der Waals surface area contributed by atoms with Gasteiger partial charge in [0, 0.05) is 6.54 Å². The minimum atomic E-state index is -0.307. The van der Waals surface area contributed by atoms with Gasteiger partial charge in [0.05, 0.1) is 11.5 Å². The van der Waals surface area contributed by atoms with Crippen LogP contribution in [0.4, 0.5) is 5.82 Å². The Morgan fingerprint density at radius 1 is 1.48 bits per heavy atom. The summed E-state index contributed by atoms with van der Waals surface area (Å²) in [5.41, 5.74) is 6.35. The summed E-state index contributed by atoms with van der Waals surface area (Å²) in [5.74, 6) is 0.434. The van der Waals surface area contributed by atoms with Crippen molar-refractivity contribution in [2.45, 2.75) is 33.3 Å². The van der Waals surface area contributed by atoms with Crippen LogP contribution in [0, 0.1) is 6.92 Å². The predicted molar refractivity (Wildman–Crippen MR) is 84.9 cm³/mol. The van der Waals surface area contributed by atoms with Gasteiger partial charge in [0.15, 0.2) is 0 Å². The number of hydrogen-bond acceptors (Lipinski definition) is 7. The van der Waals surface area contributed by atoms with Gasteiger partial charge in [0.25, 0.3) is 0 Å². The standard InChI is InChI=1S/C14H20N4O2S/c1-8(2)20-14(19)11-9(3)10-12(16-6-4-5-15)17-7-18-13(10)21-11/h7-8H,4-6,15H2,1-3H3,(H,16,17,18). The van der Waals surface area contributed by atoms with Crippen LogP contribution in [0.3, 0.4) is 0 Å². The summed E-state index contributed by atoms with van der Waals surface area (Å²) in [6.07, 6.45) is 2.22. The molecule has 0 atom stereocenters. The van der Waals surface area contributed by atoms with E-state index in [4.69, 9.17) is 10.5 Å². The molecule has 0 radical (unpaired) electrons. The summed E-state index contributed by atoms with van der Waals surface area (Å²) < 4.78 is 5.27. The van der Waals surface area contributed by atoms with E-state index in [2.05, 4.69) is 15.3 Å². The summed E-state index contributed by atoms with van der Waals surface area (Å²) >= 11 is 1.34. The normalized spacial score (nSPS) is 11.1. The lowest BCUT2D eigenvalue weighted by Crippen LogP contribution is -2.11. The van der Waals surface area contributed by atoms with Crippen molar-refractivity contribution in [3.05, 3.63) is 16.8 Å². The molecule has 2 aromatic rings. The molecule has 0 spiro atoms. The lowest BCUT2D eigenvalue weighted by Gasteiger charge is -2.07. The molecule has 0 saturated carbocycles. The number of aryl methyl sites for hydroxylation is 1. The third-order valence-electron chi connectivity index (χ3n) is 2.93. The molecule has 0 unspecified atom stereocenters. The van der Waals surface area contributed by atoms with E-state index in [9.17, 15) is 4.79 Å². The van der Waals surface area contributed by atoms with Gasteiger partial charge in [-0.3, -0.25) is 0 Å². The Morgan fingerprint density at radius 3 is 2.90 bits per heavy atom. The molecule has 2 aromatic heterocycles. The van der Waals surface area contributed by atoms with Crippen molar-refractivity contribution in [1.29, 1.82) is 0 Å². The number of thiophene rings is 1. The first-order valence-electron chi connectivity index (χ1n) is 6.93. The molecular formula is C14H20N4O2S. The molecule has 0 saturated heterocycles. The summed E-state index contributed by atoms with van der Waals surface area (Å²) in [4.78, 5) is 22.0. The highest BCUT2D eigenvalue weighted by Crippen LogP contribution is 2.33. The van der Waals surface area contributed by atoms with E-state index < -0.39 is 0 Å². The van der Waals surface area contributed by atoms with Crippen molar-refractivity contribution in [1.82, 2.24) is 9.97 Å². The second kappa shape index (κ2) is 6.82. The number of nitrogens with one attached hydrogen (secondary N) is 1. The highest BCUT2D eigenvalue weighted by atomic mass is 32.1. The second-order valence-corrected chi connectivity index (χ2v) is 5.98. The van der Waals surface area contributed by atoms with Crippen molar-refractivity contribution >= 4 is 33.3 Å². The Kier molecular flexibility index (Phi) is 5.08. The van der Waals surface area contributed by atoms with Gasteiger partial charge in [-0.25, -0.2) is 14.8 Å². The number of hydrogen-bond donors (Lipinski definition) is 2. The SMILES string of the molecule is Cc1c(C(=O)OC(C)C)sc2ncnc(NCCCN)c12. The van der Waals surface area contributed by atoms with Crippen LogP contribution in [0.5, 0.6) is 0 Å². The van der Waals surface area contributed by atoms with Crippen LogP contribution in [-0.4, -0.2) is 35.1 Å². The molecule has 6 nitrogen and oxygen atoms in total. The first-order valence-corrected chi connectivity index (χ1v) is 7.75. The molecule has 3 N–H and O–H groups in total. The zero-order valence-electron chi connectivity index (χ0n) is 12.5. The fourth-order valence-corrected chi connectivity index (χ4v) is 3.01. The fraction of sp³-hybridized carbons (Fsp3) is 0.500. The minimum absolute atomic E-state index is 0.143. The van der Waals surface area contributed by atoms with Crippen molar-refractivity contribution < 1.29 is 9.53 Å². The van der Waals surface area contributed by atoms with Crippen molar-refractivity contribution in [2.24, 2.45) is 5.73 Å². The van der Waals surface area contributed by atoms with Crippen LogP contribution in [-0.2, 0) is 4.74 Å². The molecule has 0 bridgehead atoms. The van der Waals surface area contributed by atoms with E-state index in [-0.39, 0.29) is 12.1 Å². The van der Waals surface area contributed by atoms with Gasteiger partial charge >= 0.3 is 5.97 Å². The quantitative estimate of drug-likeness (QED) is 0.629. The van der Waals surface area contributed by atoms with Crippen molar-refractivity contribution in [2.75, 3.05) is 18.4 Å². The first kappa shape index (κ1) is 15.7. The van der Waals surface area contributed by atoms with E-state index in [1.165, 1.54) is 17.7 Å². The number of fused-ring (bicyclic) bond motifs is 1. The second-order valence-electron chi connectivity index (χ2n) is 4.98. The van der Waals surface area contributed by atoms with Crippen molar-refractivity contribution in [3.8, 4) is 0 Å². The van der Waals surface area contributed by atoms with Crippen LogP contribution in [0.1, 0.15) is 35.5 Å². The number of nitrogens with zero attached hydrogens (tertiary/aromatic N) is 2. The Morgan fingerprint density at radius 2 is 2.24 bits per heavy atom. The summed E-state index contributed by atoms with van der Waals surface area (Å²) in [5, 5.41) is 4.13. The van der Waals surface area contributed by atoms with Gasteiger partial charge in [-0.2, -0.15) is 0 Å². The van der Waals surface area contributed by atoms with Crippen LogP contribution < -0.4 is 11.1 Å². The molecule has 0 amide bonds. The molecule has 21 heavy (non-hydrogen) atoms. The van der Waals surface area contributed by atoms with Gasteiger partial charge in [0.2, 0.25) is 0 Å². The number of esters is 1. The van der Waals surface area contributed by atoms with E-state index in [0.717, 1.165) is 34.6 Å². The van der Waals surface area contributed by atoms with Crippen LogP contribution >= 0.6 is 11.3 Å². The third kappa shape index (κ3) is 3.48. The van der Waals surface area contributed by atoms with Crippen LogP contribution in [0.15, 0.2) is 6.33 Å². The largest absolute Gasteiger partial charge is 0.459 e. The molecule has 0 fully saturated rings. The molecule has 2 rings (SSSR count). The number of aromatic nitrogens is 2. The van der Waals surface area contributed by atoms with Gasteiger partial charge in [-0.15, -0.1) is 11.3 Å². The van der Waals surface area contributed by atoms with Crippen LogP contribution in [0.2, 0.25) is 0 Å². The Hall–Kier alpha value is -1.73. The van der Waals surface area contributed by atoms with E-state index >= 15 is 0 Å².